The van der Waals surface area contributed by atoms with Crippen LogP contribution in [0.4, 0.5) is 0 Å². The number of aldehydes is 1. The van der Waals surface area contributed by atoms with Crippen molar-refractivity contribution in [2.45, 2.75) is 13.0 Å². The average molecular weight is 238 g/mol. The third-order valence-corrected chi connectivity index (χ3v) is 2.03. The number of rotatable bonds is 7. The SMILES string of the molecule is CCOCC(C=O)Oc1ccc(C(=O)O)cc1. The Balaban J connectivity index is 2.60. The van der Waals surface area contributed by atoms with E-state index in [1.54, 1.807) is 0 Å². The highest BCUT2D eigenvalue weighted by Crippen LogP contribution is 2.13. The summed E-state index contributed by atoms with van der Waals surface area (Å²) >= 11 is 0. The molecule has 0 spiro atoms. The summed E-state index contributed by atoms with van der Waals surface area (Å²) < 4.78 is 10.4. The Bertz CT molecular complexity index is 371. The Hall–Kier alpha value is -1.88. The molecule has 0 radical (unpaired) electrons. The van der Waals surface area contributed by atoms with Crippen LogP contribution in [-0.2, 0) is 9.53 Å². The maximum Gasteiger partial charge on any atom is 0.335 e. The molecule has 0 aliphatic heterocycles. The number of benzene rings is 1. The van der Waals surface area contributed by atoms with Gasteiger partial charge in [-0.15, -0.1) is 0 Å². The van der Waals surface area contributed by atoms with Crippen molar-refractivity contribution in [2.75, 3.05) is 13.2 Å². The van der Waals surface area contributed by atoms with Gasteiger partial charge in [0, 0.05) is 6.61 Å². The number of carboxylic acids is 1. The second-order valence-corrected chi connectivity index (χ2v) is 3.28. The van der Waals surface area contributed by atoms with Crippen molar-refractivity contribution < 1.29 is 24.2 Å². The molecule has 0 fully saturated rings. The predicted molar refractivity (Wildman–Crippen MR) is 60.4 cm³/mol. The van der Waals surface area contributed by atoms with Crippen molar-refractivity contribution in [2.24, 2.45) is 0 Å². The number of hydrogen-bond donors (Lipinski definition) is 1. The van der Waals surface area contributed by atoms with Crippen molar-refractivity contribution in [3.8, 4) is 5.75 Å². The Morgan fingerprint density at radius 1 is 1.41 bits per heavy atom. The number of hydrogen-bond acceptors (Lipinski definition) is 4. The second-order valence-electron chi connectivity index (χ2n) is 3.28. The smallest absolute Gasteiger partial charge is 0.335 e. The molecule has 0 amide bonds. The minimum absolute atomic E-state index is 0.171. The van der Waals surface area contributed by atoms with Crippen molar-refractivity contribution >= 4 is 12.3 Å². The molecule has 92 valence electrons. The second kappa shape index (κ2) is 6.65. The van der Waals surface area contributed by atoms with E-state index in [-0.39, 0.29) is 12.2 Å². The molecular weight excluding hydrogens is 224 g/mol. The molecule has 0 saturated heterocycles. The van der Waals surface area contributed by atoms with E-state index in [9.17, 15) is 9.59 Å². The molecular formula is C12H14O5. The molecule has 17 heavy (non-hydrogen) atoms. The van der Waals surface area contributed by atoms with Crippen LogP contribution in [0, 0.1) is 0 Å². The zero-order valence-electron chi connectivity index (χ0n) is 9.46. The Kier molecular flexibility index (Phi) is 5.16. The molecule has 1 N–H and O–H groups in total. The lowest BCUT2D eigenvalue weighted by molar-refractivity contribution is -0.116. The lowest BCUT2D eigenvalue weighted by atomic mass is 10.2. The fourth-order valence-corrected chi connectivity index (χ4v) is 1.19. The van der Waals surface area contributed by atoms with E-state index in [4.69, 9.17) is 14.6 Å². The number of aromatic carboxylic acids is 1. The molecule has 0 aliphatic carbocycles. The molecule has 1 rings (SSSR count). The van der Waals surface area contributed by atoms with Gasteiger partial charge in [0.1, 0.15) is 5.75 Å². The van der Waals surface area contributed by atoms with E-state index in [0.717, 1.165) is 0 Å². The lowest BCUT2D eigenvalue weighted by Crippen LogP contribution is -2.24. The van der Waals surface area contributed by atoms with E-state index in [0.29, 0.717) is 18.6 Å². The highest BCUT2D eigenvalue weighted by atomic mass is 16.5. The quantitative estimate of drug-likeness (QED) is 0.726. The number of ether oxygens (including phenoxy) is 2. The van der Waals surface area contributed by atoms with E-state index >= 15 is 0 Å². The maximum atomic E-state index is 10.7. The van der Waals surface area contributed by atoms with Crippen LogP contribution in [0.25, 0.3) is 0 Å². The number of carbonyl (C=O) groups excluding carboxylic acids is 1. The van der Waals surface area contributed by atoms with Crippen LogP contribution in [-0.4, -0.2) is 36.7 Å². The van der Waals surface area contributed by atoms with Crippen molar-refractivity contribution in [3.05, 3.63) is 29.8 Å². The van der Waals surface area contributed by atoms with Gasteiger partial charge in [-0.1, -0.05) is 0 Å². The Morgan fingerprint density at radius 2 is 2.06 bits per heavy atom. The molecule has 0 heterocycles. The first-order valence-corrected chi connectivity index (χ1v) is 5.20. The van der Waals surface area contributed by atoms with Gasteiger partial charge < -0.3 is 14.6 Å². The topological polar surface area (TPSA) is 72.8 Å². The molecule has 5 heteroatoms. The minimum Gasteiger partial charge on any atom is -0.481 e. The van der Waals surface area contributed by atoms with Gasteiger partial charge in [-0.05, 0) is 31.2 Å². The van der Waals surface area contributed by atoms with E-state index in [2.05, 4.69) is 0 Å². The highest BCUT2D eigenvalue weighted by molar-refractivity contribution is 5.87. The Labute approximate surface area is 99.0 Å². The van der Waals surface area contributed by atoms with Crippen LogP contribution in [0.5, 0.6) is 5.75 Å². The molecule has 1 atom stereocenters. The van der Waals surface area contributed by atoms with Gasteiger partial charge in [0.15, 0.2) is 12.4 Å². The first-order valence-electron chi connectivity index (χ1n) is 5.20. The van der Waals surface area contributed by atoms with Crippen LogP contribution in [0.2, 0.25) is 0 Å². The van der Waals surface area contributed by atoms with Crippen LogP contribution < -0.4 is 4.74 Å². The summed E-state index contributed by atoms with van der Waals surface area (Å²) in [4.78, 5) is 21.3. The first kappa shape index (κ1) is 13.2. The minimum atomic E-state index is -1.00. The Morgan fingerprint density at radius 3 is 2.53 bits per heavy atom. The first-order chi connectivity index (χ1) is 8.17. The highest BCUT2D eigenvalue weighted by Gasteiger charge is 2.09. The van der Waals surface area contributed by atoms with E-state index < -0.39 is 12.1 Å². The van der Waals surface area contributed by atoms with Crippen LogP contribution in [0.15, 0.2) is 24.3 Å². The van der Waals surface area contributed by atoms with Gasteiger partial charge in [0.25, 0.3) is 0 Å². The van der Waals surface area contributed by atoms with Gasteiger partial charge in [0.05, 0.1) is 12.2 Å². The summed E-state index contributed by atoms with van der Waals surface area (Å²) in [5, 5.41) is 8.70. The fourth-order valence-electron chi connectivity index (χ4n) is 1.19. The van der Waals surface area contributed by atoms with Gasteiger partial charge in [-0.25, -0.2) is 4.79 Å². The maximum absolute atomic E-state index is 10.7. The molecule has 0 aromatic heterocycles. The van der Waals surface area contributed by atoms with Gasteiger partial charge in [0.2, 0.25) is 0 Å². The molecule has 0 bridgehead atoms. The van der Waals surface area contributed by atoms with Gasteiger partial charge in [-0.2, -0.15) is 0 Å². The summed E-state index contributed by atoms with van der Waals surface area (Å²) in [5.41, 5.74) is 0.171. The van der Waals surface area contributed by atoms with E-state index in [1.165, 1.54) is 24.3 Å². The molecule has 1 aromatic rings. The van der Waals surface area contributed by atoms with Crippen molar-refractivity contribution in [1.82, 2.24) is 0 Å². The van der Waals surface area contributed by atoms with E-state index in [1.807, 2.05) is 6.92 Å². The molecule has 0 saturated carbocycles. The predicted octanol–water partition coefficient (Wildman–Crippen LogP) is 1.37. The summed E-state index contributed by atoms with van der Waals surface area (Å²) in [6, 6.07) is 5.85. The average Bonchev–Trinajstić information content (AvgIpc) is 2.35. The fraction of sp³-hybridized carbons (Fsp3) is 0.333. The third kappa shape index (κ3) is 4.24. The largest absolute Gasteiger partial charge is 0.481 e. The van der Waals surface area contributed by atoms with Crippen LogP contribution in [0.1, 0.15) is 17.3 Å². The zero-order chi connectivity index (χ0) is 12.7. The summed E-state index contributed by atoms with van der Waals surface area (Å²) in [6.45, 7) is 2.51. The van der Waals surface area contributed by atoms with Crippen molar-refractivity contribution in [3.63, 3.8) is 0 Å². The summed E-state index contributed by atoms with van der Waals surface area (Å²) in [7, 11) is 0. The summed E-state index contributed by atoms with van der Waals surface area (Å²) in [5.74, 6) is -0.565. The molecule has 5 nitrogen and oxygen atoms in total. The molecule has 1 unspecified atom stereocenters. The lowest BCUT2D eigenvalue weighted by Gasteiger charge is -2.13. The molecule has 0 aliphatic rings. The number of carbonyl (C=O) groups is 2. The zero-order valence-corrected chi connectivity index (χ0v) is 9.46. The van der Waals surface area contributed by atoms with Crippen LogP contribution >= 0.6 is 0 Å². The molecule has 1 aromatic carbocycles. The monoisotopic (exact) mass is 238 g/mol. The van der Waals surface area contributed by atoms with Crippen molar-refractivity contribution in [1.29, 1.82) is 0 Å². The van der Waals surface area contributed by atoms with Gasteiger partial charge in [-0.3, -0.25) is 4.79 Å². The normalized spacial score (nSPS) is 11.8. The number of carboxylic acid groups (broad SMARTS) is 1. The third-order valence-electron chi connectivity index (χ3n) is 2.03. The van der Waals surface area contributed by atoms with Gasteiger partial charge >= 0.3 is 5.97 Å². The van der Waals surface area contributed by atoms with Crippen LogP contribution in [0.3, 0.4) is 0 Å². The summed E-state index contributed by atoms with van der Waals surface area (Å²) in [6.07, 6.45) is -0.0218. The standard InChI is InChI=1S/C12H14O5/c1-2-16-8-11(7-13)17-10-5-3-9(4-6-10)12(14)15/h3-7,11H,2,8H2,1H3,(H,14,15).